The molecule has 0 radical (unpaired) electrons. The minimum Gasteiger partial charge on any atom is -0.497 e. The molecule has 58 heavy (non-hydrogen) atoms. The summed E-state index contributed by atoms with van der Waals surface area (Å²) in [6.45, 7) is 8.35. The maximum Gasteiger partial charge on any atom is 0.367 e. The number of hydrogen-bond acceptors (Lipinski definition) is 15. The van der Waals surface area contributed by atoms with Gasteiger partial charge in [0.2, 0.25) is 10.0 Å². The number of sulfonamides is 1. The van der Waals surface area contributed by atoms with E-state index in [-0.39, 0.29) is 75.1 Å². The maximum absolute atomic E-state index is 13.8. The van der Waals surface area contributed by atoms with Gasteiger partial charge < -0.3 is 53.2 Å². The number of carbonyl (C=O) groups excluding carboxylic acids is 1. The predicted molar refractivity (Wildman–Crippen MR) is 207 cm³/mol. The number of methoxy groups -OCH3 is 1. The minimum absolute atomic E-state index is 0.0408. The highest BCUT2D eigenvalue weighted by atomic mass is 32.2. The van der Waals surface area contributed by atoms with Crippen LogP contribution in [0.25, 0.3) is 0 Å². The second-order valence-electron chi connectivity index (χ2n) is 14.0. The van der Waals surface area contributed by atoms with Crippen molar-refractivity contribution in [2.24, 2.45) is 17.8 Å². The molecule has 0 amide bonds. The van der Waals surface area contributed by atoms with E-state index in [4.69, 9.17) is 48.1 Å². The molecular weight excluding hydrogens is 805 g/mol. The lowest BCUT2D eigenvalue weighted by atomic mass is 9.90. The maximum atomic E-state index is 13.8. The standard InChI is InChI=1S/C34H50NO12PS.C4H6O5/c1-6-45-48(38,46-7-2)23-44-28-10-8-25(9-11-28)18-26(19-33(37)47-32-22-43-34-30(32)16-17-42-34)31(36)21-35(20-24(3)4)49(39,40)29-14-12-27(41-5)13-15-29;5-2(4(8)9)1-3(6)7/h8-15,24,26,30-32,34,36H,6-7,16-23H2,1-5H3;2,5H,1H2,(H,6,7)(H,8,9)/t26?,30-,31+,32?,34+;2-/m00/s1. The summed E-state index contributed by atoms with van der Waals surface area (Å²) in [6.07, 6.45) is -4.05. The van der Waals surface area contributed by atoms with Crippen LogP contribution in [0.3, 0.4) is 0 Å². The van der Waals surface area contributed by atoms with Gasteiger partial charge in [-0.25, -0.2) is 13.2 Å². The van der Waals surface area contributed by atoms with Gasteiger partial charge in [0.25, 0.3) is 0 Å². The summed E-state index contributed by atoms with van der Waals surface area (Å²) in [5, 5.41) is 35.8. The monoisotopic (exact) mass is 861 g/mol. The fraction of sp³-hybridized carbons (Fsp3) is 0.605. The van der Waals surface area contributed by atoms with Crippen molar-refractivity contribution in [1.29, 1.82) is 0 Å². The van der Waals surface area contributed by atoms with E-state index in [0.717, 1.165) is 12.0 Å². The lowest BCUT2D eigenvalue weighted by molar-refractivity contribution is -0.153. The number of aliphatic hydroxyl groups is 2. The Morgan fingerprint density at radius 2 is 1.53 bits per heavy atom. The molecule has 4 N–H and O–H groups in total. The first kappa shape index (κ1) is 48.7. The highest BCUT2D eigenvalue weighted by molar-refractivity contribution is 7.89. The Hall–Kier alpha value is -3.65. The molecule has 326 valence electrons. The van der Waals surface area contributed by atoms with Crippen molar-refractivity contribution in [1.82, 2.24) is 4.31 Å². The fourth-order valence-electron chi connectivity index (χ4n) is 6.19. The van der Waals surface area contributed by atoms with Crippen LogP contribution in [0.2, 0.25) is 0 Å². The topological polar surface area (TPSA) is 251 Å². The lowest BCUT2D eigenvalue weighted by Crippen LogP contribution is -2.43. The number of fused-ring (bicyclic) bond motifs is 1. The van der Waals surface area contributed by atoms with Gasteiger partial charge in [0.15, 0.2) is 18.7 Å². The normalized spacial score (nSPS) is 19.4. The zero-order valence-corrected chi connectivity index (χ0v) is 35.0. The Morgan fingerprint density at radius 3 is 2.07 bits per heavy atom. The summed E-state index contributed by atoms with van der Waals surface area (Å²) in [7, 11) is -5.92. The Balaban J connectivity index is 0.000000891. The summed E-state index contributed by atoms with van der Waals surface area (Å²) in [5.41, 5.74) is 0.767. The predicted octanol–water partition coefficient (Wildman–Crippen LogP) is 3.77. The Kier molecular flexibility index (Phi) is 19.5. The molecule has 0 bridgehead atoms. The van der Waals surface area contributed by atoms with Crippen LogP contribution in [0.4, 0.5) is 0 Å². The van der Waals surface area contributed by atoms with Gasteiger partial charge in [0.1, 0.15) is 17.6 Å². The molecule has 2 unspecified atom stereocenters. The van der Waals surface area contributed by atoms with Crippen LogP contribution in [0.1, 0.15) is 52.5 Å². The molecule has 0 aliphatic carbocycles. The van der Waals surface area contributed by atoms with Gasteiger partial charge in [-0.15, -0.1) is 0 Å². The van der Waals surface area contributed by atoms with Crippen LogP contribution in [-0.2, 0) is 58.7 Å². The molecule has 0 aromatic heterocycles. The van der Waals surface area contributed by atoms with Crippen LogP contribution in [0.5, 0.6) is 11.5 Å². The van der Waals surface area contributed by atoms with E-state index in [1.165, 1.54) is 23.5 Å². The van der Waals surface area contributed by atoms with Gasteiger partial charge in [-0.3, -0.25) is 14.2 Å². The average Bonchev–Trinajstić information content (AvgIpc) is 3.79. The number of carboxylic acids is 2. The molecule has 0 spiro atoms. The number of carbonyl (C=O) groups is 3. The number of carboxylic acid groups (broad SMARTS) is 2. The summed E-state index contributed by atoms with van der Waals surface area (Å²) in [4.78, 5) is 32.8. The van der Waals surface area contributed by atoms with Crippen molar-refractivity contribution < 1.29 is 80.5 Å². The first-order chi connectivity index (χ1) is 27.4. The zero-order valence-electron chi connectivity index (χ0n) is 33.3. The average molecular weight is 862 g/mol. The molecule has 2 fully saturated rings. The second kappa shape index (κ2) is 23.2. The van der Waals surface area contributed by atoms with Gasteiger partial charge in [-0.05, 0) is 74.6 Å². The zero-order chi connectivity index (χ0) is 43.0. The van der Waals surface area contributed by atoms with E-state index < -0.39 is 66.2 Å². The lowest BCUT2D eigenvalue weighted by Gasteiger charge is -2.30. The van der Waals surface area contributed by atoms with E-state index in [2.05, 4.69) is 0 Å². The summed E-state index contributed by atoms with van der Waals surface area (Å²) in [5.74, 6) is -3.19. The highest BCUT2D eigenvalue weighted by Crippen LogP contribution is 2.48. The van der Waals surface area contributed by atoms with Crippen LogP contribution < -0.4 is 9.47 Å². The number of ether oxygens (including phenoxy) is 5. The van der Waals surface area contributed by atoms with Crippen molar-refractivity contribution in [3.05, 3.63) is 54.1 Å². The number of hydrogen-bond donors (Lipinski definition) is 4. The number of benzene rings is 2. The molecule has 2 heterocycles. The quantitative estimate of drug-likeness (QED) is 0.0917. The largest absolute Gasteiger partial charge is 0.497 e. The molecule has 18 nitrogen and oxygen atoms in total. The fourth-order valence-corrected chi connectivity index (χ4v) is 9.13. The third-order valence-electron chi connectivity index (χ3n) is 9.01. The molecular formula is C38H56NO17PS. The molecule has 2 saturated heterocycles. The van der Waals surface area contributed by atoms with Gasteiger partial charge in [0, 0.05) is 19.0 Å². The number of rotatable bonds is 23. The Labute approximate surface area is 338 Å². The number of esters is 1. The van der Waals surface area contributed by atoms with E-state index in [9.17, 15) is 32.5 Å². The first-order valence-corrected chi connectivity index (χ1v) is 22.1. The van der Waals surface area contributed by atoms with Gasteiger partial charge in [-0.1, -0.05) is 26.0 Å². The number of nitrogens with zero attached hydrogens (tertiary/aromatic N) is 1. The summed E-state index contributed by atoms with van der Waals surface area (Å²) >= 11 is 0. The third-order valence-corrected chi connectivity index (χ3v) is 12.6. The first-order valence-electron chi connectivity index (χ1n) is 18.9. The van der Waals surface area contributed by atoms with Crippen molar-refractivity contribution in [2.45, 2.75) is 82.9 Å². The van der Waals surface area contributed by atoms with Crippen molar-refractivity contribution in [3.8, 4) is 11.5 Å². The molecule has 2 aliphatic heterocycles. The van der Waals surface area contributed by atoms with Crippen LogP contribution in [0, 0.1) is 17.8 Å². The van der Waals surface area contributed by atoms with Gasteiger partial charge >= 0.3 is 25.5 Å². The SMILES string of the molecule is CCOP(=O)(COc1ccc(CC(CC(=O)OC2CO[C@H]3OCC[C@@H]23)[C@H](O)CN(CC(C)C)S(=O)(=O)c2ccc(OC)cc2)cc1)OCC.O=C(O)C[C@H](O)C(=O)O. The van der Waals surface area contributed by atoms with Crippen LogP contribution in [-0.4, -0.2) is 129 Å². The van der Waals surface area contributed by atoms with Crippen molar-refractivity contribution >= 4 is 35.5 Å². The Bertz CT molecular complexity index is 1750. The van der Waals surface area contributed by atoms with Gasteiger partial charge in [0.05, 0.1) is 63.3 Å². The van der Waals surface area contributed by atoms with Crippen molar-refractivity contribution in [3.63, 3.8) is 0 Å². The summed E-state index contributed by atoms with van der Waals surface area (Å²) < 4.78 is 80.1. The molecule has 0 saturated carbocycles. The van der Waals surface area contributed by atoms with Crippen molar-refractivity contribution in [2.75, 3.05) is 53.0 Å². The van der Waals surface area contributed by atoms with E-state index >= 15 is 0 Å². The van der Waals surface area contributed by atoms with Crippen LogP contribution >= 0.6 is 7.60 Å². The number of aliphatic hydroxyl groups excluding tert-OH is 2. The van der Waals surface area contributed by atoms with Crippen LogP contribution in [0.15, 0.2) is 53.4 Å². The Morgan fingerprint density at radius 1 is 0.914 bits per heavy atom. The second-order valence-corrected chi connectivity index (χ2v) is 17.9. The smallest absolute Gasteiger partial charge is 0.367 e. The molecule has 2 aromatic carbocycles. The molecule has 6 atom stereocenters. The summed E-state index contributed by atoms with van der Waals surface area (Å²) in [6, 6.07) is 13.0. The molecule has 2 aromatic rings. The molecule has 2 aliphatic rings. The third kappa shape index (κ3) is 15.2. The molecule has 20 heteroatoms. The van der Waals surface area contributed by atoms with E-state index in [0.29, 0.717) is 18.1 Å². The van der Waals surface area contributed by atoms with E-state index in [1.807, 2.05) is 13.8 Å². The molecule has 4 rings (SSSR count). The number of aliphatic carboxylic acids is 2. The highest BCUT2D eigenvalue weighted by Gasteiger charge is 2.44. The van der Waals surface area contributed by atoms with E-state index in [1.54, 1.807) is 50.2 Å². The minimum atomic E-state index is -4.00. The van der Waals surface area contributed by atoms with Gasteiger partial charge in [-0.2, -0.15) is 4.31 Å².